The number of carboxylic acid groups (broad SMARTS) is 1. The van der Waals surface area contributed by atoms with Crippen molar-refractivity contribution in [3.8, 4) is 0 Å². The second kappa shape index (κ2) is 45.3. The van der Waals surface area contributed by atoms with E-state index in [-0.39, 0.29) is 106 Å². The summed E-state index contributed by atoms with van der Waals surface area (Å²) in [5.41, 5.74) is -0.0309. The third kappa shape index (κ3) is 39.8. The Kier molecular flexibility index (Phi) is 44.5. The Morgan fingerprint density at radius 1 is 0.704 bits per heavy atom. The molecule has 1 aromatic rings. The fourth-order valence-corrected chi connectivity index (χ4v) is 7.08. The van der Waals surface area contributed by atoms with Gasteiger partial charge in [-0.1, -0.05) is 31.6 Å². The van der Waals surface area contributed by atoms with Gasteiger partial charge in [0.2, 0.25) is 5.91 Å². The van der Waals surface area contributed by atoms with Crippen LogP contribution in [-0.2, 0) is 66.5 Å². The number of amides is 1. The first kappa shape index (κ1) is 69.7. The second-order valence-electron chi connectivity index (χ2n) is 15.6. The predicted octanol–water partition coefficient (Wildman–Crippen LogP) is 3.80. The minimum absolute atomic E-state index is 0.0309. The van der Waals surface area contributed by atoms with E-state index in [2.05, 4.69) is 24.1 Å². The number of aliphatic hydroxyl groups excluding tert-OH is 4. The topological polar surface area (TPSA) is 330 Å². The lowest BCUT2D eigenvalue weighted by Crippen LogP contribution is -2.30. The Morgan fingerprint density at radius 2 is 1.18 bits per heavy atom. The number of carbonyl (C=O) groups is 4. The summed E-state index contributed by atoms with van der Waals surface area (Å²) in [4.78, 5) is 59.7. The summed E-state index contributed by atoms with van der Waals surface area (Å²) in [5, 5.41) is 58.1. The average Bonchev–Trinajstić information content (AvgIpc) is 3.36. The highest BCUT2D eigenvalue weighted by atomic mass is 33.1. The molecule has 0 aromatic carbocycles. The highest BCUT2D eigenvalue weighted by Crippen LogP contribution is 2.41. The number of aliphatic hydroxyl groups is 4. The van der Waals surface area contributed by atoms with Crippen LogP contribution in [0.4, 0.5) is 5.69 Å². The van der Waals surface area contributed by atoms with E-state index in [0.717, 1.165) is 6.42 Å². The number of hydrogen-bond donors (Lipinski definition) is 6. The number of pyridine rings is 1. The Balaban J connectivity index is 0. The van der Waals surface area contributed by atoms with Crippen molar-refractivity contribution in [3.63, 3.8) is 0 Å². The molecule has 71 heavy (non-hydrogen) atoms. The lowest BCUT2D eigenvalue weighted by molar-refractivity contribution is -0.385. The normalized spacial score (nSPS) is 13.7. The molecule has 0 aliphatic heterocycles. The maximum absolute atomic E-state index is 11.9. The summed E-state index contributed by atoms with van der Waals surface area (Å²) in [7, 11) is 7.38. The number of nitrogens with one attached hydrogen (secondary N) is 1. The molecule has 0 radical (unpaired) electrons. The lowest BCUT2D eigenvalue weighted by atomic mass is 10.1. The van der Waals surface area contributed by atoms with E-state index in [1.807, 2.05) is 20.8 Å². The van der Waals surface area contributed by atoms with Crippen molar-refractivity contribution < 1.29 is 97.0 Å². The molecule has 0 saturated heterocycles. The number of hydrogen-bond acceptors (Lipinski definition) is 23. The molecule has 0 spiro atoms. The molecule has 6 N–H and O–H groups in total. The highest BCUT2D eigenvalue weighted by Gasteiger charge is 2.21. The number of carbonyl (C=O) groups excluding carboxylic acids is 3. The summed E-state index contributed by atoms with van der Waals surface area (Å²) in [5.74, 6) is -2.07. The van der Waals surface area contributed by atoms with Crippen LogP contribution in [0, 0.1) is 10.1 Å². The van der Waals surface area contributed by atoms with E-state index in [1.54, 1.807) is 16.9 Å². The average molecular weight is 1060 g/mol. The molecule has 6 atom stereocenters. The quantitative estimate of drug-likeness (QED) is 0.0136. The number of aliphatic carboxylic acids is 1. The van der Waals surface area contributed by atoms with Crippen LogP contribution in [0.5, 0.6) is 0 Å². The number of rotatable bonds is 41. The van der Waals surface area contributed by atoms with Crippen LogP contribution in [0.2, 0.25) is 0 Å². The minimum atomic E-state index is -0.945. The smallest absolute Gasteiger partial charge is 0.305 e. The Labute approximate surface area is 425 Å². The first-order valence-corrected chi connectivity index (χ1v) is 25.5. The van der Waals surface area contributed by atoms with E-state index in [9.17, 15) is 34.4 Å². The zero-order valence-electron chi connectivity index (χ0n) is 42.5. The number of nitro groups is 1. The Bertz CT molecular complexity index is 1490. The molecule has 6 unspecified atom stereocenters. The van der Waals surface area contributed by atoms with Gasteiger partial charge < -0.3 is 78.2 Å². The van der Waals surface area contributed by atoms with Gasteiger partial charge in [0.25, 0.3) is 5.69 Å². The van der Waals surface area contributed by atoms with Crippen LogP contribution in [0.3, 0.4) is 0 Å². The molecule has 1 heterocycles. The van der Waals surface area contributed by atoms with E-state index in [0.29, 0.717) is 63.7 Å². The van der Waals surface area contributed by atoms with Crippen LogP contribution in [0.25, 0.3) is 0 Å². The van der Waals surface area contributed by atoms with Crippen LogP contribution in [-0.4, -0.2) is 195 Å². The maximum Gasteiger partial charge on any atom is 0.305 e. The van der Waals surface area contributed by atoms with E-state index in [4.69, 9.17) is 67.8 Å². The summed E-state index contributed by atoms with van der Waals surface area (Å²) < 4.78 is 51.8. The third-order valence-electron chi connectivity index (χ3n) is 9.34. The number of ether oxygens (including phenoxy) is 10. The van der Waals surface area contributed by atoms with Gasteiger partial charge in [-0.25, -0.2) is 4.98 Å². The van der Waals surface area contributed by atoms with Gasteiger partial charge in [-0.05, 0) is 69.2 Å². The van der Waals surface area contributed by atoms with Crippen LogP contribution in [0.1, 0.15) is 98.8 Å². The zero-order valence-corrected chi connectivity index (χ0v) is 44.2. The van der Waals surface area contributed by atoms with Crippen molar-refractivity contribution in [3.05, 3.63) is 28.4 Å². The van der Waals surface area contributed by atoms with E-state index in [1.165, 1.54) is 44.4 Å². The van der Waals surface area contributed by atoms with Crippen molar-refractivity contribution >= 4 is 51.1 Å². The first-order chi connectivity index (χ1) is 33.9. The predicted molar refractivity (Wildman–Crippen MR) is 261 cm³/mol. The molecule has 0 aliphatic rings. The van der Waals surface area contributed by atoms with Gasteiger partial charge in [0, 0.05) is 71.0 Å². The fourth-order valence-electron chi connectivity index (χ4n) is 4.91. The van der Waals surface area contributed by atoms with Crippen molar-refractivity contribution in [2.24, 2.45) is 0 Å². The fraction of sp³-hybridized carbons (Fsp3) is 0.800. The summed E-state index contributed by atoms with van der Waals surface area (Å²) in [6.07, 6.45) is 1.71. The van der Waals surface area contributed by atoms with Crippen LogP contribution >= 0.6 is 21.6 Å². The molecule has 24 nitrogen and oxygen atoms in total. The number of nitrogens with zero attached hydrogens (tertiary/aromatic N) is 2. The first-order valence-electron chi connectivity index (χ1n) is 23.3. The standard InChI is InChI=1S/C26H43N3O10S2.C12H22O7.C7H16O4/c1-5-21(18-30)39-25(35-4)19-38-24(32)8-6-7-22(31)27-12-14-37-16-15-36-13-11-26(2,3)41-40-23-10-9-20(17-28-23)29(33)34;1-3-9(7-13)19-12(17-2)8-18-11(16)6-4-5-10(14)15;1-3-6(4-8)11-7(5-9)10-2/h9-10,17,21,25,30H,5-8,11-16,18-19H2,1-4H3,(H,27,31);9,12-13H,3-8H2,1-2H3,(H,14,15);6-9H,3-5H2,1-2H3. The molecule has 0 saturated carbocycles. The molecule has 1 amide bonds. The SMILES string of the molecule is CCC(CO)OC(CO)OC.CCC(CO)OC(COC(=O)CCCC(=O)NCCOCCOCCC(C)(C)SSc1ccc([N+](=O)[O-])cn1)OC.CCC(CO)OC(COC(=O)CCCC(=O)O)OC. The summed E-state index contributed by atoms with van der Waals surface area (Å²) >= 11 is 0. The van der Waals surface area contributed by atoms with Crippen molar-refractivity contribution in [2.45, 2.75) is 146 Å². The van der Waals surface area contributed by atoms with E-state index >= 15 is 0 Å². The molecule has 26 heteroatoms. The largest absolute Gasteiger partial charge is 0.481 e. The number of methoxy groups -OCH3 is 3. The van der Waals surface area contributed by atoms with Gasteiger partial charge in [0.05, 0.1) is 69.5 Å². The van der Waals surface area contributed by atoms with Crippen molar-refractivity contribution in [1.29, 1.82) is 0 Å². The summed E-state index contributed by atoms with van der Waals surface area (Å²) in [6, 6.07) is 3.08. The molecular formula is C45H81N3O21S2. The molecule has 0 aliphatic carbocycles. The van der Waals surface area contributed by atoms with Gasteiger partial charge in [0.15, 0.2) is 18.9 Å². The molecule has 1 rings (SSSR count). The third-order valence-corrected chi connectivity index (χ3v) is 12.6. The van der Waals surface area contributed by atoms with Gasteiger partial charge >= 0.3 is 17.9 Å². The monoisotopic (exact) mass is 1060 g/mol. The summed E-state index contributed by atoms with van der Waals surface area (Å²) in [6.45, 7) is 11.2. The van der Waals surface area contributed by atoms with Crippen LogP contribution < -0.4 is 5.32 Å². The Hall–Kier alpha value is -3.35. The molecular weight excluding hydrogens is 983 g/mol. The maximum atomic E-state index is 11.9. The highest BCUT2D eigenvalue weighted by molar-refractivity contribution is 8.77. The van der Waals surface area contributed by atoms with E-state index < -0.39 is 41.7 Å². The van der Waals surface area contributed by atoms with Crippen molar-refractivity contribution in [2.75, 3.05) is 93.9 Å². The molecule has 1 aromatic heterocycles. The zero-order chi connectivity index (χ0) is 53.9. The van der Waals surface area contributed by atoms with Crippen LogP contribution in [0.15, 0.2) is 23.4 Å². The number of carboxylic acids is 1. The number of aromatic nitrogens is 1. The van der Waals surface area contributed by atoms with Gasteiger partial charge in [0.1, 0.15) is 24.4 Å². The minimum Gasteiger partial charge on any atom is -0.481 e. The van der Waals surface area contributed by atoms with Gasteiger partial charge in [-0.2, -0.15) is 0 Å². The molecule has 414 valence electrons. The molecule has 0 bridgehead atoms. The number of esters is 2. The second-order valence-corrected chi connectivity index (χ2v) is 18.4. The lowest BCUT2D eigenvalue weighted by Gasteiger charge is -2.22. The molecule has 0 fully saturated rings. The Morgan fingerprint density at radius 3 is 1.59 bits per heavy atom. The van der Waals surface area contributed by atoms with Gasteiger partial charge in [-0.3, -0.25) is 29.3 Å². The van der Waals surface area contributed by atoms with Crippen molar-refractivity contribution in [1.82, 2.24) is 10.3 Å². The van der Waals surface area contributed by atoms with Gasteiger partial charge in [-0.15, -0.1) is 0 Å².